The van der Waals surface area contributed by atoms with E-state index in [9.17, 15) is 14.0 Å². The minimum absolute atomic E-state index is 0.00382. The van der Waals surface area contributed by atoms with Crippen LogP contribution in [-0.2, 0) is 14.3 Å². The molecule has 0 radical (unpaired) electrons. The second-order valence-electron chi connectivity index (χ2n) is 5.82. The van der Waals surface area contributed by atoms with Gasteiger partial charge < -0.3 is 10.1 Å². The van der Waals surface area contributed by atoms with Crippen molar-refractivity contribution in [3.05, 3.63) is 56.6 Å². The van der Waals surface area contributed by atoms with E-state index in [0.29, 0.717) is 45.7 Å². The zero-order valence-electron chi connectivity index (χ0n) is 12.5. The summed E-state index contributed by atoms with van der Waals surface area (Å²) in [5.74, 6) is -0.207. The summed E-state index contributed by atoms with van der Waals surface area (Å²) in [4.78, 5) is 25.0. The molecule has 24 heavy (non-hydrogen) atoms. The highest BCUT2D eigenvalue weighted by molar-refractivity contribution is 9.10. The quantitative estimate of drug-likeness (QED) is 0.722. The number of esters is 1. The molecule has 1 atom stereocenters. The number of rotatable bonds is 1. The van der Waals surface area contributed by atoms with E-state index in [-0.39, 0.29) is 11.6 Å². The lowest BCUT2D eigenvalue weighted by Gasteiger charge is -2.36. The van der Waals surface area contributed by atoms with Gasteiger partial charge in [0.05, 0.1) is 22.4 Å². The molecule has 0 saturated heterocycles. The molecular weight excluding hydrogens is 397 g/mol. The highest BCUT2D eigenvalue weighted by Gasteiger charge is 2.41. The fraction of sp³-hybridized carbons (Fsp3) is 0.294. The molecule has 3 aliphatic rings. The number of hydrogen-bond donors (Lipinski definition) is 1. The van der Waals surface area contributed by atoms with Crippen LogP contribution in [0.2, 0.25) is 0 Å². The molecule has 0 aliphatic carbocycles. The van der Waals surface area contributed by atoms with Gasteiger partial charge in [-0.25, -0.2) is 9.18 Å². The number of ether oxygens (including phenoxy) is 1. The van der Waals surface area contributed by atoms with Crippen LogP contribution in [0.25, 0.3) is 0 Å². The summed E-state index contributed by atoms with van der Waals surface area (Å²) in [7, 11) is 0. The number of cyclic esters (lactones) is 1. The van der Waals surface area contributed by atoms with Gasteiger partial charge in [-0.15, -0.1) is 11.8 Å². The number of carbonyl (C=O) groups is 2. The van der Waals surface area contributed by atoms with Crippen LogP contribution < -0.4 is 5.32 Å². The molecule has 4 nitrogen and oxygen atoms in total. The Morgan fingerprint density at radius 1 is 1.21 bits per heavy atom. The van der Waals surface area contributed by atoms with Crippen molar-refractivity contribution < 1.29 is 18.7 Å². The summed E-state index contributed by atoms with van der Waals surface area (Å²) < 4.78 is 19.2. The van der Waals surface area contributed by atoms with E-state index in [2.05, 4.69) is 21.2 Å². The molecule has 0 fully saturated rings. The van der Waals surface area contributed by atoms with Gasteiger partial charge in [-0.2, -0.15) is 0 Å². The van der Waals surface area contributed by atoms with Gasteiger partial charge in [0.25, 0.3) is 0 Å². The molecule has 124 valence electrons. The van der Waals surface area contributed by atoms with Gasteiger partial charge in [0, 0.05) is 35.1 Å². The van der Waals surface area contributed by atoms with Crippen molar-refractivity contribution in [3.63, 3.8) is 0 Å². The third kappa shape index (κ3) is 2.50. The van der Waals surface area contributed by atoms with Gasteiger partial charge in [0.15, 0.2) is 5.78 Å². The van der Waals surface area contributed by atoms with Gasteiger partial charge in [-0.3, -0.25) is 4.79 Å². The average molecular weight is 410 g/mol. The number of benzene rings is 1. The second-order valence-corrected chi connectivity index (χ2v) is 7.66. The number of nitrogens with one attached hydrogen (secondary N) is 1. The van der Waals surface area contributed by atoms with E-state index in [1.54, 1.807) is 23.9 Å². The third-order valence-corrected chi connectivity index (χ3v) is 5.96. The van der Waals surface area contributed by atoms with E-state index < -0.39 is 11.9 Å². The van der Waals surface area contributed by atoms with Gasteiger partial charge >= 0.3 is 5.97 Å². The van der Waals surface area contributed by atoms with Crippen LogP contribution in [0.15, 0.2) is 45.2 Å². The van der Waals surface area contributed by atoms with Crippen LogP contribution in [0.5, 0.6) is 0 Å². The van der Waals surface area contributed by atoms with Crippen LogP contribution in [0.3, 0.4) is 0 Å². The standard InChI is InChI=1S/C17H13BrFNO3S/c18-9-5-8(1-2-10(9)19)14-15-12(6-24-7-13(15)21)20-11-3-4-23-17(22)16(11)14/h1-2,5,14,20H,3-4,6-7H2. The second kappa shape index (κ2) is 6.04. The van der Waals surface area contributed by atoms with Crippen molar-refractivity contribution in [2.24, 2.45) is 0 Å². The predicted molar refractivity (Wildman–Crippen MR) is 91.9 cm³/mol. The van der Waals surface area contributed by atoms with Crippen LogP contribution in [0.1, 0.15) is 17.9 Å². The summed E-state index contributed by atoms with van der Waals surface area (Å²) in [5, 5.41) is 3.27. The Bertz CT molecular complexity index is 791. The minimum Gasteiger partial charge on any atom is -0.462 e. The van der Waals surface area contributed by atoms with Crippen LogP contribution in [0.4, 0.5) is 4.39 Å². The molecule has 3 heterocycles. The van der Waals surface area contributed by atoms with Crippen LogP contribution in [-0.4, -0.2) is 29.9 Å². The van der Waals surface area contributed by atoms with E-state index in [0.717, 1.165) is 11.4 Å². The molecule has 0 bridgehead atoms. The number of thioether (sulfide) groups is 1. The molecule has 4 rings (SSSR count). The molecule has 0 saturated carbocycles. The molecule has 1 unspecified atom stereocenters. The number of Topliss-reactive ketones (excluding diaryl/α,β-unsaturated/α-hetero) is 1. The lowest BCUT2D eigenvalue weighted by molar-refractivity contribution is -0.140. The fourth-order valence-corrected chi connectivity index (χ4v) is 4.63. The zero-order valence-corrected chi connectivity index (χ0v) is 14.9. The van der Waals surface area contributed by atoms with E-state index in [1.807, 2.05) is 0 Å². The molecule has 7 heteroatoms. The minimum atomic E-state index is -0.505. The number of carbonyl (C=O) groups excluding carboxylic acids is 2. The molecule has 0 aromatic heterocycles. The number of dihydropyridines is 1. The molecule has 1 N–H and O–H groups in total. The summed E-state index contributed by atoms with van der Waals surface area (Å²) >= 11 is 4.74. The number of ketones is 1. The van der Waals surface area contributed by atoms with Crippen molar-refractivity contribution >= 4 is 39.4 Å². The number of allylic oxidation sites excluding steroid dienone is 1. The predicted octanol–water partition coefficient (Wildman–Crippen LogP) is 3.05. The lowest BCUT2D eigenvalue weighted by Crippen LogP contribution is -2.39. The Labute approximate surface area is 150 Å². The monoisotopic (exact) mass is 409 g/mol. The highest BCUT2D eigenvalue weighted by Crippen LogP contribution is 2.44. The van der Waals surface area contributed by atoms with E-state index in [4.69, 9.17) is 4.74 Å². The summed E-state index contributed by atoms with van der Waals surface area (Å²) in [6, 6.07) is 4.61. The highest BCUT2D eigenvalue weighted by atomic mass is 79.9. The van der Waals surface area contributed by atoms with Crippen molar-refractivity contribution in [1.82, 2.24) is 5.32 Å². The number of halogens is 2. The van der Waals surface area contributed by atoms with E-state index in [1.165, 1.54) is 6.07 Å². The summed E-state index contributed by atoms with van der Waals surface area (Å²) in [6.07, 6.45) is 0.593. The smallest absolute Gasteiger partial charge is 0.336 e. The SMILES string of the molecule is O=C1CSCC2=C1C(c1ccc(F)c(Br)c1)C1=C(CCOC1=O)N2. The molecule has 1 aromatic carbocycles. The first-order valence-corrected chi connectivity index (χ1v) is 9.47. The molecular formula is C17H13BrFNO3S. The summed E-state index contributed by atoms with van der Waals surface area (Å²) in [5.41, 5.74) is 3.45. The Morgan fingerprint density at radius 3 is 2.83 bits per heavy atom. The summed E-state index contributed by atoms with van der Waals surface area (Å²) in [6.45, 7) is 0.328. The zero-order chi connectivity index (χ0) is 16.8. The lowest BCUT2D eigenvalue weighted by atomic mass is 9.78. The first kappa shape index (κ1) is 15.9. The molecule has 1 aromatic rings. The average Bonchev–Trinajstić information content (AvgIpc) is 2.56. The Morgan fingerprint density at radius 2 is 2.04 bits per heavy atom. The normalized spacial score (nSPS) is 23.5. The maximum Gasteiger partial charge on any atom is 0.336 e. The van der Waals surface area contributed by atoms with Crippen LogP contribution in [0, 0.1) is 5.82 Å². The van der Waals surface area contributed by atoms with Crippen molar-refractivity contribution in [2.75, 3.05) is 18.1 Å². The first-order valence-electron chi connectivity index (χ1n) is 7.52. The van der Waals surface area contributed by atoms with Gasteiger partial charge in [-0.1, -0.05) is 6.07 Å². The van der Waals surface area contributed by atoms with Crippen molar-refractivity contribution in [3.8, 4) is 0 Å². The van der Waals surface area contributed by atoms with Crippen LogP contribution >= 0.6 is 27.7 Å². The number of hydrogen-bond acceptors (Lipinski definition) is 5. The Kier molecular flexibility index (Phi) is 4.00. The van der Waals surface area contributed by atoms with Crippen molar-refractivity contribution in [2.45, 2.75) is 12.3 Å². The first-order chi connectivity index (χ1) is 11.6. The topological polar surface area (TPSA) is 55.4 Å². The molecule has 3 aliphatic heterocycles. The maximum atomic E-state index is 13.6. The van der Waals surface area contributed by atoms with Crippen molar-refractivity contribution in [1.29, 1.82) is 0 Å². The maximum absolute atomic E-state index is 13.6. The van der Waals surface area contributed by atoms with E-state index >= 15 is 0 Å². The molecule has 0 spiro atoms. The van der Waals surface area contributed by atoms with Gasteiger partial charge in [0.1, 0.15) is 5.82 Å². The third-order valence-electron chi connectivity index (χ3n) is 4.39. The largest absolute Gasteiger partial charge is 0.462 e. The fourth-order valence-electron chi connectivity index (χ4n) is 3.36. The Balaban J connectivity index is 1.92. The van der Waals surface area contributed by atoms with Gasteiger partial charge in [0.2, 0.25) is 0 Å². The Hall–Kier alpha value is -1.60. The van der Waals surface area contributed by atoms with Gasteiger partial charge in [-0.05, 0) is 33.6 Å². The molecule has 0 amide bonds.